The van der Waals surface area contributed by atoms with Gasteiger partial charge in [-0.15, -0.1) is 0 Å². The molecule has 1 saturated heterocycles. The number of hydrogen-bond acceptors (Lipinski definition) is 2. The molecule has 2 N–H and O–H groups in total. The zero-order chi connectivity index (χ0) is 9.80. The van der Waals surface area contributed by atoms with Gasteiger partial charge in [0.15, 0.2) is 0 Å². The maximum atomic E-state index is 6.30. The highest BCUT2D eigenvalue weighted by molar-refractivity contribution is 7.99. The third-order valence-electron chi connectivity index (χ3n) is 4.00. The Balaban J connectivity index is 1.91. The quantitative estimate of drug-likeness (QED) is 0.678. The van der Waals surface area contributed by atoms with E-state index in [4.69, 9.17) is 5.73 Å². The molecule has 0 radical (unpaired) electrons. The Bertz CT molecular complexity index is 166. The molecule has 0 aromatic heterocycles. The van der Waals surface area contributed by atoms with E-state index in [1.165, 1.54) is 56.5 Å². The zero-order valence-electron chi connectivity index (χ0n) is 9.08. The second kappa shape index (κ2) is 5.41. The molecule has 1 aliphatic heterocycles. The van der Waals surface area contributed by atoms with Gasteiger partial charge in [0, 0.05) is 6.04 Å². The van der Waals surface area contributed by atoms with Gasteiger partial charge in [-0.1, -0.05) is 19.3 Å². The third-order valence-corrected chi connectivity index (χ3v) is 5.05. The monoisotopic (exact) mass is 213 g/mol. The van der Waals surface area contributed by atoms with Crippen LogP contribution in [0.5, 0.6) is 0 Å². The lowest BCUT2D eigenvalue weighted by Gasteiger charge is -2.33. The summed E-state index contributed by atoms with van der Waals surface area (Å²) in [6.07, 6.45) is 9.80. The SMILES string of the molecule is NC1CCCCCC1C1CCSCC1. The molecular formula is C12H23NS. The molecule has 2 rings (SSSR count). The summed E-state index contributed by atoms with van der Waals surface area (Å²) < 4.78 is 0. The van der Waals surface area contributed by atoms with E-state index in [1.807, 2.05) is 0 Å². The van der Waals surface area contributed by atoms with Gasteiger partial charge in [0.2, 0.25) is 0 Å². The average molecular weight is 213 g/mol. The van der Waals surface area contributed by atoms with E-state index >= 15 is 0 Å². The lowest BCUT2D eigenvalue weighted by Crippen LogP contribution is -2.35. The molecule has 1 saturated carbocycles. The summed E-state index contributed by atoms with van der Waals surface area (Å²) in [4.78, 5) is 0. The maximum absolute atomic E-state index is 6.30. The van der Waals surface area contributed by atoms with Gasteiger partial charge in [-0.2, -0.15) is 11.8 Å². The van der Waals surface area contributed by atoms with E-state index in [2.05, 4.69) is 11.8 Å². The molecule has 0 spiro atoms. The van der Waals surface area contributed by atoms with Crippen LogP contribution in [0.4, 0.5) is 0 Å². The molecule has 2 heteroatoms. The van der Waals surface area contributed by atoms with Crippen molar-refractivity contribution in [1.29, 1.82) is 0 Å². The molecule has 1 heterocycles. The van der Waals surface area contributed by atoms with Crippen LogP contribution in [0, 0.1) is 11.8 Å². The molecule has 0 amide bonds. The molecule has 1 nitrogen and oxygen atoms in total. The second-order valence-electron chi connectivity index (χ2n) is 4.92. The van der Waals surface area contributed by atoms with Crippen LogP contribution < -0.4 is 5.73 Å². The molecule has 14 heavy (non-hydrogen) atoms. The number of nitrogens with two attached hydrogens (primary N) is 1. The van der Waals surface area contributed by atoms with E-state index < -0.39 is 0 Å². The molecule has 2 unspecified atom stereocenters. The first-order valence-corrected chi connectivity index (χ1v) is 7.37. The van der Waals surface area contributed by atoms with Crippen LogP contribution in [0.15, 0.2) is 0 Å². The Labute approximate surface area is 92.2 Å². The molecule has 2 atom stereocenters. The largest absolute Gasteiger partial charge is 0.327 e. The van der Waals surface area contributed by atoms with E-state index in [1.54, 1.807) is 0 Å². The van der Waals surface area contributed by atoms with Crippen molar-refractivity contribution in [2.75, 3.05) is 11.5 Å². The first-order chi connectivity index (χ1) is 6.88. The van der Waals surface area contributed by atoms with E-state index in [0.717, 1.165) is 11.8 Å². The molecule has 0 bridgehead atoms. The summed E-state index contributed by atoms with van der Waals surface area (Å²) in [5, 5.41) is 0. The summed E-state index contributed by atoms with van der Waals surface area (Å²) in [6, 6.07) is 0.519. The van der Waals surface area contributed by atoms with Crippen molar-refractivity contribution >= 4 is 11.8 Å². The third kappa shape index (κ3) is 2.66. The number of thioether (sulfide) groups is 1. The Hall–Kier alpha value is 0.310. The highest BCUT2D eigenvalue weighted by Crippen LogP contribution is 2.36. The molecule has 0 aromatic rings. The predicted octanol–water partition coefficient (Wildman–Crippen LogP) is 3.04. The van der Waals surface area contributed by atoms with Crippen LogP contribution in [-0.4, -0.2) is 17.5 Å². The fourth-order valence-electron chi connectivity index (χ4n) is 3.09. The first-order valence-electron chi connectivity index (χ1n) is 6.21. The lowest BCUT2D eigenvalue weighted by atomic mass is 9.80. The second-order valence-corrected chi connectivity index (χ2v) is 6.14. The van der Waals surface area contributed by atoms with Crippen LogP contribution in [0.3, 0.4) is 0 Å². The van der Waals surface area contributed by atoms with Gasteiger partial charge in [0.05, 0.1) is 0 Å². The van der Waals surface area contributed by atoms with Crippen molar-refractivity contribution in [1.82, 2.24) is 0 Å². The summed E-state index contributed by atoms with van der Waals surface area (Å²) in [6.45, 7) is 0. The minimum atomic E-state index is 0.519. The smallest absolute Gasteiger partial charge is 0.00698 e. The van der Waals surface area contributed by atoms with Gasteiger partial charge in [-0.05, 0) is 49.0 Å². The van der Waals surface area contributed by atoms with Crippen molar-refractivity contribution in [3.63, 3.8) is 0 Å². The molecule has 82 valence electrons. The lowest BCUT2D eigenvalue weighted by molar-refractivity contribution is 0.250. The van der Waals surface area contributed by atoms with Crippen molar-refractivity contribution in [2.24, 2.45) is 17.6 Å². The van der Waals surface area contributed by atoms with Crippen LogP contribution in [-0.2, 0) is 0 Å². The van der Waals surface area contributed by atoms with Crippen molar-refractivity contribution in [2.45, 2.75) is 51.0 Å². The Morgan fingerprint density at radius 3 is 2.36 bits per heavy atom. The topological polar surface area (TPSA) is 26.0 Å². The summed E-state index contributed by atoms with van der Waals surface area (Å²) >= 11 is 2.13. The zero-order valence-corrected chi connectivity index (χ0v) is 9.90. The Kier molecular flexibility index (Phi) is 4.18. The molecule has 2 fully saturated rings. The van der Waals surface area contributed by atoms with Gasteiger partial charge >= 0.3 is 0 Å². The van der Waals surface area contributed by atoms with Gasteiger partial charge < -0.3 is 5.73 Å². The standard InChI is InChI=1S/C12H23NS/c13-12-5-3-1-2-4-11(12)10-6-8-14-9-7-10/h10-12H,1-9,13H2. The molecule has 1 aliphatic carbocycles. The fraction of sp³-hybridized carbons (Fsp3) is 1.00. The number of rotatable bonds is 1. The minimum absolute atomic E-state index is 0.519. The van der Waals surface area contributed by atoms with Crippen molar-refractivity contribution in [3.05, 3.63) is 0 Å². The van der Waals surface area contributed by atoms with Crippen LogP contribution in [0.1, 0.15) is 44.9 Å². The van der Waals surface area contributed by atoms with Gasteiger partial charge in [-0.25, -0.2) is 0 Å². The summed E-state index contributed by atoms with van der Waals surface area (Å²) in [5.74, 6) is 4.59. The van der Waals surface area contributed by atoms with E-state index in [9.17, 15) is 0 Å². The first kappa shape index (κ1) is 10.8. The normalized spacial score (nSPS) is 36.6. The summed E-state index contributed by atoms with van der Waals surface area (Å²) in [5.41, 5.74) is 6.30. The van der Waals surface area contributed by atoms with Crippen molar-refractivity contribution in [3.8, 4) is 0 Å². The fourth-order valence-corrected chi connectivity index (χ4v) is 4.24. The number of hydrogen-bond donors (Lipinski definition) is 1. The molecular weight excluding hydrogens is 190 g/mol. The Morgan fingerprint density at radius 2 is 1.57 bits per heavy atom. The van der Waals surface area contributed by atoms with E-state index in [0.29, 0.717) is 6.04 Å². The average Bonchev–Trinajstić information content (AvgIpc) is 2.44. The van der Waals surface area contributed by atoms with Crippen LogP contribution in [0.25, 0.3) is 0 Å². The predicted molar refractivity (Wildman–Crippen MR) is 64.6 cm³/mol. The van der Waals surface area contributed by atoms with Crippen molar-refractivity contribution < 1.29 is 0 Å². The van der Waals surface area contributed by atoms with Gasteiger partial charge in [0.1, 0.15) is 0 Å². The van der Waals surface area contributed by atoms with Crippen LogP contribution >= 0.6 is 11.8 Å². The van der Waals surface area contributed by atoms with Gasteiger partial charge in [-0.3, -0.25) is 0 Å². The molecule has 2 aliphatic rings. The van der Waals surface area contributed by atoms with Gasteiger partial charge in [0.25, 0.3) is 0 Å². The maximum Gasteiger partial charge on any atom is 0.00698 e. The minimum Gasteiger partial charge on any atom is -0.327 e. The highest BCUT2D eigenvalue weighted by atomic mass is 32.2. The van der Waals surface area contributed by atoms with E-state index in [-0.39, 0.29) is 0 Å². The van der Waals surface area contributed by atoms with Crippen LogP contribution in [0.2, 0.25) is 0 Å². The Morgan fingerprint density at radius 1 is 0.857 bits per heavy atom. The highest BCUT2D eigenvalue weighted by Gasteiger charge is 2.29. The summed E-state index contributed by atoms with van der Waals surface area (Å²) in [7, 11) is 0. The molecule has 0 aromatic carbocycles.